The van der Waals surface area contributed by atoms with Gasteiger partial charge in [-0.15, -0.1) is 0 Å². The van der Waals surface area contributed by atoms with Crippen LogP contribution in [0.1, 0.15) is 29.4 Å². The summed E-state index contributed by atoms with van der Waals surface area (Å²) in [6.45, 7) is 2.23. The smallest absolute Gasteiger partial charge is 0.355 e. The zero-order valence-electron chi connectivity index (χ0n) is 10.7. The fourth-order valence-corrected chi connectivity index (χ4v) is 2.48. The molecule has 4 nitrogen and oxygen atoms in total. The average Bonchev–Trinajstić information content (AvgIpc) is 2.74. The summed E-state index contributed by atoms with van der Waals surface area (Å²) in [5.41, 5.74) is 2.30. The number of hydrogen-bond donors (Lipinski definition) is 2. The van der Waals surface area contributed by atoms with Crippen LogP contribution < -0.4 is 0 Å². The Morgan fingerprint density at radius 1 is 1.47 bits per heavy atom. The third-order valence-electron chi connectivity index (χ3n) is 2.93. The highest BCUT2D eigenvalue weighted by molar-refractivity contribution is 9.10. The summed E-state index contributed by atoms with van der Waals surface area (Å²) < 4.78 is 6.01. The van der Waals surface area contributed by atoms with Crippen LogP contribution in [0.5, 0.6) is 0 Å². The molecule has 2 rings (SSSR count). The first kappa shape index (κ1) is 14.1. The summed E-state index contributed by atoms with van der Waals surface area (Å²) in [4.78, 5) is 15.1. The Kier molecular flexibility index (Phi) is 4.61. The van der Waals surface area contributed by atoms with Crippen LogP contribution in [0.15, 0.2) is 22.7 Å². The van der Waals surface area contributed by atoms with Gasteiger partial charge in [-0.3, -0.25) is 0 Å². The minimum Gasteiger partial charge on any atom is -0.461 e. The van der Waals surface area contributed by atoms with Crippen molar-refractivity contribution < 1.29 is 14.6 Å². The van der Waals surface area contributed by atoms with Crippen molar-refractivity contribution in [1.29, 1.82) is 0 Å². The second-order valence-corrected chi connectivity index (χ2v) is 5.13. The number of aliphatic hydroxyl groups is 1. The molecule has 0 bridgehead atoms. The average molecular weight is 326 g/mol. The number of carbonyl (C=O) groups is 1. The van der Waals surface area contributed by atoms with Gasteiger partial charge < -0.3 is 14.8 Å². The topological polar surface area (TPSA) is 62.3 Å². The number of carbonyl (C=O) groups excluding carboxylic acids is 1. The molecule has 0 fully saturated rings. The normalized spacial score (nSPS) is 10.9. The van der Waals surface area contributed by atoms with Gasteiger partial charge in [-0.25, -0.2) is 4.79 Å². The fraction of sp³-hybridized carbons (Fsp3) is 0.357. The number of benzene rings is 1. The van der Waals surface area contributed by atoms with Crippen LogP contribution in [-0.2, 0) is 11.2 Å². The minimum atomic E-state index is -0.345. The Labute approximate surface area is 119 Å². The molecule has 1 aromatic carbocycles. The Morgan fingerprint density at radius 3 is 2.95 bits per heavy atom. The summed E-state index contributed by atoms with van der Waals surface area (Å²) in [6, 6.07) is 5.83. The van der Waals surface area contributed by atoms with Crippen LogP contribution in [0.4, 0.5) is 0 Å². The van der Waals surface area contributed by atoms with Crippen LogP contribution in [0.2, 0.25) is 0 Å². The number of esters is 1. The number of nitrogens with one attached hydrogen (secondary N) is 1. The maximum absolute atomic E-state index is 12.0. The van der Waals surface area contributed by atoms with Crippen LogP contribution in [0.25, 0.3) is 10.9 Å². The third-order valence-corrected chi connectivity index (χ3v) is 3.43. The van der Waals surface area contributed by atoms with E-state index in [0.29, 0.717) is 25.1 Å². The lowest BCUT2D eigenvalue weighted by Gasteiger charge is -2.03. The molecule has 0 atom stereocenters. The van der Waals surface area contributed by atoms with Crippen molar-refractivity contribution in [1.82, 2.24) is 4.98 Å². The molecule has 0 spiro atoms. The molecule has 5 heteroatoms. The second-order valence-electron chi connectivity index (χ2n) is 4.22. The van der Waals surface area contributed by atoms with E-state index in [9.17, 15) is 4.79 Å². The lowest BCUT2D eigenvalue weighted by Crippen LogP contribution is -2.08. The van der Waals surface area contributed by atoms with Crippen molar-refractivity contribution in [2.75, 3.05) is 13.2 Å². The standard InChI is InChI=1S/C14H16BrNO3/c1-2-19-14(18)13-11(4-3-7-17)10-6-5-9(15)8-12(10)16-13/h5-6,8,16-17H,2-4,7H2,1H3. The van der Waals surface area contributed by atoms with Crippen LogP contribution in [-0.4, -0.2) is 29.3 Å². The van der Waals surface area contributed by atoms with Crippen LogP contribution in [0.3, 0.4) is 0 Å². The molecule has 0 aliphatic carbocycles. The lowest BCUT2D eigenvalue weighted by atomic mass is 10.1. The fourth-order valence-electron chi connectivity index (χ4n) is 2.12. The Balaban J connectivity index is 2.50. The molecule has 1 heterocycles. The van der Waals surface area contributed by atoms with Gasteiger partial charge in [0, 0.05) is 22.0 Å². The number of fused-ring (bicyclic) bond motifs is 1. The summed E-state index contributed by atoms with van der Waals surface area (Å²) >= 11 is 3.41. The van der Waals surface area contributed by atoms with Crippen molar-refractivity contribution >= 4 is 32.8 Å². The molecule has 2 aromatic rings. The number of aryl methyl sites for hydroxylation is 1. The molecular formula is C14H16BrNO3. The van der Waals surface area contributed by atoms with E-state index in [2.05, 4.69) is 20.9 Å². The van der Waals surface area contributed by atoms with E-state index in [0.717, 1.165) is 20.9 Å². The molecule has 1 aromatic heterocycles. The van der Waals surface area contributed by atoms with Gasteiger partial charge in [0.2, 0.25) is 0 Å². The number of aliphatic hydroxyl groups excluding tert-OH is 1. The van der Waals surface area contributed by atoms with E-state index in [1.165, 1.54) is 0 Å². The van der Waals surface area contributed by atoms with E-state index in [1.54, 1.807) is 6.92 Å². The summed E-state index contributed by atoms with van der Waals surface area (Å²) in [5, 5.41) is 9.98. The van der Waals surface area contributed by atoms with Crippen LogP contribution in [0, 0.1) is 0 Å². The number of hydrogen-bond acceptors (Lipinski definition) is 3. The summed E-state index contributed by atoms with van der Waals surface area (Å²) in [5.74, 6) is -0.345. The van der Waals surface area contributed by atoms with E-state index in [1.807, 2.05) is 18.2 Å². The molecular weight excluding hydrogens is 310 g/mol. The predicted octanol–water partition coefficient (Wildman–Crippen LogP) is 3.03. The quantitative estimate of drug-likeness (QED) is 0.830. The van der Waals surface area contributed by atoms with Gasteiger partial charge in [0.05, 0.1) is 6.61 Å². The number of aromatic nitrogens is 1. The largest absolute Gasteiger partial charge is 0.461 e. The van der Waals surface area contributed by atoms with Gasteiger partial charge in [0.15, 0.2) is 0 Å². The number of rotatable bonds is 5. The highest BCUT2D eigenvalue weighted by Gasteiger charge is 2.18. The zero-order valence-corrected chi connectivity index (χ0v) is 12.3. The zero-order chi connectivity index (χ0) is 13.8. The molecule has 0 aliphatic rings. The van der Waals surface area contributed by atoms with Gasteiger partial charge >= 0.3 is 5.97 Å². The van der Waals surface area contributed by atoms with Gasteiger partial charge in [0.1, 0.15) is 5.69 Å². The molecule has 0 saturated heterocycles. The van der Waals surface area contributed by atoms with Gasteiger partial charge in [-0.05, 0) is 37.5 Å². The van der Waals surface area contributed by atoms with Crippen molar-refractivity contribution in [2.45, 2.75) is 19.8 Å². The summed E-state index contributed by atoms with van der Waals surface area (Å²) in [7, 11) is 0. The van der Waals surface area contributed by atoms with Crippen molar-refractivity contribution in [3.8, 4) is 0 Å². The van der Waals surface area contributed by atoms with Crippen LogP contribution >= 0.6 is 15.9 Å². The first-order valence-electron chi connectivity index (χ1n) is 6.25. The summed E-state index contributed by atoms with van der Waals surface area (Å²) in [6.07, 6.45) is 1.27. The Bertz CT molecular complexity index is 592. The maximum Gasteiger partial charge on any atom is 0.355 e. The second kappa shape index (κ2) is 6.21. The Hall–Kier alpha value is -1.33. The van der Waals surface area contributed by atoms with E-state index in [-0.39, 0.29) is 12.6 Å². The van der Waals surface area contributed by atoms with Crippen molar-refractivity contribution in [3.63, 3.8) is 0 Å². The number of halogens is 1. The predicted molar refractivity (Wildman–Crippen MR) is 77.4 cm³/mol. The number of ether oxygens (including phenoxy) is 1. The molecule has 19 heavy (non-hydrogen) atoms. The van der Waals surface area contributed by atoms with Crippen molar-refractivity contribution in [3.05, 3.63) is 33.9 Å². The molecule has 2 N–H and O–H groups in total. The third kappa shape index (κ3) is 2.98. The monoisotopic (exact) mass is 325 g/mol. The maximum atomic E-state index is 12.0. The highest BCUT2D eigenvalue weighted by Crippen LogP contribution is 2.27. The minimum absolute atomic E-state index is 0.103. The van der Waals surface area contributed by atoms with E-state index >= 15 is 0 Å². The Morgan fingerprint density at radius 2 is 2.26 bits per heavy atom. The lowest BCUT2D eigenvalue weighted by molar-refractivity contribution is 0.0519. The molecule has 0 radical (unpaired) electrons. The van der Waals surface area contributed by atoms with Gasteiger partial charge in [0.25, 0.3) is 0 Å². The molecule has 0 amide bonds. The molecule has 0 unspecified atom stereocenters. The molecule has 102 valence electrons. The van der Waals surface area contributed by atoms with Crippen molar-refractivity contribution in [2.24, 2.45) is 0 Å². The number of H-pyrrole nitrogens is 1. The molecule has 0 aliphatic heterocycles. The first-order chi connectivity index (χ1) is 9.17. The SMILES string of the molecule is CCOC(=O)c1[nH]c2cc(Br)ccc2c1CCCO. The van der Waals surface area contributed by atoms with E-state index in [4.69, 9.17) is 9.84 Å². The molecule has 0 saturated carbocycles. The highest BCUT2D eigenvalue weighted by atomic mass is 79.9. The first-order valence-corrected chi connectivity index (χ1v) is 7.04. The number of aromatic amines is 1. The van der Waals surface area contributed by atoms with Gasteiger partial charge in [-0.2, -0.15) is 0 Å². The van der Waals surface area contributed by atoms with Gasteiger partial charge in [-0.1, -0.05) is 22.0 Å². The van der Waals surface area contributed by atoms with E-state index < -0.39 is 0 Å².